The molecule has 0 atom stereocenters. The maximum atomic E-state index is 12.2. The number of amides is 1. The van der Waals surface area contributed by atoms with Crippen LogP contribution in [-0.4, -0.2) is 39.4 Å². The fourth-order valence-corrected chi connectivity index (χ4v) is 3.57. The molecule has 1 amide bonds. The summed E-state index contributed by atoms with van der Waals surface area (Å²) in [6.07, 6.45) is 1.66. The molecule has 0 aromatic heterocycles. The quantitative estimate of drug-likeness (QED) is 0.603. The Morgan fingerprint density at radius 1 is 1.55 bits per heavy atom. The summed E-state index contributed by atoms with van der Waals surface area (Å²) in [4.78, 5) is 24.9. The number of likely N-dealkylation sites (N-methyl/N-ethyl adjacent to an activating group) is 1. The molecule has 1 aromatic rings. The molecule has 1 heterocycles. The normalized spacial score (nSPS) is 16.5. The van der Waals surface area contributed by atoms with Crippen LogP contribution in [0.15, 0.2) is 27.6 Å². The van der Waals surface area contributed by atoms with Gasteiger partial charge >= 0.3 is 5.97 Å². The molecule has 2 rings (SSSR count). The van der Waals surface area contributed by atoms with Crippen LogP contribution in [0.25, 0.3) is 6.08 Å². The molecule has 1 aliphatic rings. The van der Waals surface area contributed by atoms with E-state index in [1.165, 1.54) is 16.7 Å². The molecule has 0 unspecified atom stereocenters. The van der Waals surface area contributed by atoms with Crippen LogP contribution in [-0.2, 0) is 9.59 Å². The third-order valence-electron chi connectivity index (χ3n) is 2.80. The van der Waals surface area contributed by atoms with Gasteiger partial charge in [0.05, 0.1) is 4.91 Å². The largest absolute Gasteiger partial charge is 0.481 e. The molecule has 8 heteroatoms. The molecule has 0 aliphatic carbocycles. The van der Waals surface area contributed by atoms with Crippen LogP contribution in [0.3, 0.4) is 0 Å². The number of carbonyl (C=O) groups excluding carboxylic acids is 1. The van der Waals surface area contributed by atoms with Crippen molar-refractivity contribution in [3.63, 3.8) is 0 Å². The molecule has 5 nitrogen and oxygen atoms in total. The molecular weight excluding hydrogens is 390 g/mol. The number of ether oxygens (including phenoxy) is 1. The van der Waals surface area contributed by atoms with Crippen molar-refractivity contribution in [3.8, 4) is 5.75 Å². The predicted molar refractivity (Wildman–Crippen MR) is 92.8 cm³/mol. The molecule has 1 N–H and O–H groups in total. The van der Waals surface area contributed by atoms with E-state index in [2.05, 4.69) is 15.9 Å². The van der Waals surface area contributed by atoms with E-state index in [0.29, 0.717) is 27.1 Å². The first-order valence-corrected chi connectivity index (χ1v) is 8.33. The van der Waals surface area contributed by atoms with Gasteiger partial charge in [0.2, 0.25) is 0 Å². The van der Waals surface area contributed by atoms with E-state index in [1.54, 1.807) is 24.3 Å². The summed E-state index contributed by atoms with van der Waals surface area (Å²) in [5.74, 6) is -0.819. The number of thioether (sulfide) groups is 1. The Hall–Kier alpha value is -1.38. The summed E-state index contributed by atoms with van der Waals surface area (Å²) in [7, 11) is 0. The Balaban J connectivity index is 2.34. The zero-order valence-electron chi connectivity index (χ0n) is 11.5. The van der Waals surface area contributed by atoms with Gasteiger partial charge in [0.25, 0.3) is 5.91 Å². The van der Waals surface area contributed by atoms with Gasteiger partial charge in [-0.3, -0.25) is 9.69 Å². The van der Waals surface area contributed by atoms with Gasteiger partial charge in [-0.05, 0) is 31.2 Å². The average Bonchev–Trinajstić information content (AvgIpc) is 2.72. The molecule has 0 saturated carbocycles. The van der Waals surface area contributed by atoms with Crippen molar-refractivity contribution in [2.45, 2.75) is 6.92 Å². The first-order chi connectivity index (χ1) is 10.4. The summed E-state index contributed by atoms with van der Waals surface area (Å²) in [5.41, 5.74) is 0.618. The fraction of sp³-hybridized carbons (Fsp3) is 0.214. The topological polar surface area (TPSA) is 66.8 Å². The molecule has 1 saturated heterocycles. The van der Waals surface area contributed by atoms with Crippen LogP contribution < -0.4 is 4.74 Å². The summed E-state index contributed by atoms with van der Waals surface area (Å²) in [5, 5.41) is 8.72. The Kier molecular flexibility index (Phi) is 5.60. The van der Waals surface area contributed by atoms with Crippen molar-refractivity contribution in [1.29, 1.82) is 0 Å². The SMILES string of the molecule is CCN1C(=O)C(=Cc2cc(Br)ccc2OCC(=O)O)SC1=S. The van der Waals surface area contributed by atoms with Crippen LogP contribution in [0.4, 0.5) is 0 Å². The van der Waals surface area contributed by atoms with E-state index >= 15 is 0 Å². The van der Waals surface area contributed by atoms with E-state index in [0.717, 1.165) is 4.47 Å². The molecular formula is C14H12BrNO4S2. The zero-order valence-corrected chi connectivity index (χ0v) is 14.8. The highest BCUT2D eigenvalue weighted by atomic mass is 79.9. The number of halogens is 1. The number of nitrogens with zero attached hydrogens (tertiary/aromatic N) is 1. The Morgan fingerprint density at radius 3 is 2.86 bits per heavy atom. The Morgan fingerprint density at radius 2 is 2.27 bits per heavy atom. The van der Waals surface area contributed by atoms with E-state index in [9.17, 15) is 9.59 Å². The Labute approximate surface area is 145 Å². The number of carboxylic acids is 1. The van der Waals surface area contributed by atoms with Gasteiger partial charge in [0.1, 0.15) is 10.1 Å². The number of hydrogen-bond donors (Lipinski definition) is 1. The third-order valence-corrected chi connectivity index (χ3v) is 4.67. The van der Waals surface area contributed by atoms with E-state index in [-0.39, 0.29) is 5.91 Å². The lowest BCUT2D eigenvalue weighted by molar-refractivity contribution is -0.139. The molecule has 116 valence electrons. The lowest BCUT2D eigenvalue weighted by Gasteiger charge is -2.10. The van der Waals surface area contributed by atoms with E-state index in [4.69, 9.17) is 22.1 Å². The van der Waals surface area contributed by atoms with Crippen LogP contribution >= 0.6 is 39.9 Å². The summed E-state index contributed by atoms with van der Waals surface area (Å²) < 4.78 is 6.56. The standard InChI is InChI=1S/C14H12BrNO4S2/c1-2-16-13(19)11(22-14(16)21)6-8-5-9(15)3-4-10(8)20-7-12(17)18/h3-6H,2,7H2,1H3,(H,17,18). The minimum absolute atomic E-state index is 0.151. The lowest BCUT2D eigenvalue weighted by atomic mass is 10.2. The highest BCUT2D eigenvalue weighted by molar-refractivity contribution is 9.10. The first kappa shape index (κ1) is 17.0. The lowest BCUT2D eigenvalue weighted by Crippen LogP contribution is -2.27. The number of carboxylic acid groups (broad SMARTS) is 1. The molecule has 0 bridgehead atoms. The summed E-state index contributed by atoms with van der Waals surface area (Å²) in [6.45, 7) is 1.93. The van der Waals surface area contributed by atoms with Gasteiger partial charge in [-0.2, -0.15) is 0 Å². The van der Waals surface area contributed by atoms with Crippen molar-refractivity contribution in [3.05, 3.63) is 33.1 Å². The number of rotatable bonds is 5. The van der Waals surface area contributed by atoms with Gasteiger partial charge in [-0.25, -0.2) is 4.79 Å². The van der Waals surface area contributed by atoms with Crippen molar-refractivity contribution >= 4 is 62.2 Å². The van der Waals surface area contributed by atoms with Crippen molar-refractivity contribution in [2.24, 2.45) is 0 Å². The van der Waals surface area contributed by atoms with Crippen LogP contribution in [0.2, 0.25) is 0 Å². The van der Waals surface area contributed by atoms with E-state index in [1.807, 2.05) is 6.92 Å². The van der Waals surface area contributed by atoms with Gasteiger partial charge in [0.15, 0.2) is 6.61 Å². The fourth-order valence-electron chi connectivity index (χ4n) is 1.82. The first-order valence-electron chi connectivity index (χ1n) is 6.32. The second-order valence-electron chi connectivity index (χ2n) is 4.29. The second-order valence-corrected chi connectivity index (χ2v) is 6.88. The molecule has 22 heavy (non-hydrogen) atoms. The second kappa shape index (κ2) is 7.26. The zero-order chi connectivity index (χ0) is 16.3. The molecule has 1 aromatic carbocycles. The smallest absolute Gasteiger partial charge is 0.341 e. The minimum atomic E-state index is -1.06. The molecule has 1 fully saturated rings. The summed E-state index contributed by atoms with van der Waals surface area (Å²) >= 11 is 9.73. The van der Waals surface area contributed by atoms with Crippen molar-refractivity contribution in [1.82, 2.24) is 4.90 Å². The van der Waals surface area contributed by atoms with Gasteiger partial charge in [-0.1, -0.05) is 39.9 Å². The third kappa shape index (κ3) is 3.88. The average molecular weight is 402 g/mol. The molecule has 0 spiro atoms. The van der Waals surface area contributed by atoms with Gasteiger partial charge in [-0.15, -0.1) is 0 Å². The van der Waals surface area contributed by atoms with Crippen LogP contribution in [0, 0.1) is 0 Å². The number of thiocarbonyl (C=S) groups is 1. The van der Waals surface area contributed by atoms with Crippen molar-refractivity contribution in [2.75, 3.05) is 13.2 Å². The number of aliphatic carboxylic acids is 1. The van der Waals surface area contributed by atoms with Gasteiger partial charge < -0.3 is 9.84 Å². The maximum Gasteiger partial charge on any atom is 0.341 e. The van der Waals surface area contributed by atoms with Crippen LogP contribution in [0.5, 0.6) is 5.75 Å². The maximum absolute atomic E-state index is 12.2. The summed E-state index contributed by atoms with van der Waals surface area (Å²) in [6, 6.07) is 5.15. The number of hydrogen-bond acceptors (Lipinski definition) is 5. The van der Waals surface area contributed by atoms with Crippen LogP contribution in [0.1, 0.15) is 12.5 Å². The van der Waals surface area contributed by atoms with Crippen molar-refractivity contribution < 1.29 is 19.4 Å². The minimum Gasteiger partial charge on any atom is -0.481 e. The highest BCUT2D eigenvalue weighted by Gasteiger charge is 2.30. The number of carbonyl (C=O) groups is 2. The monoisotopic (exact) mass is 401 g/mol. The van der Waals surface area contributed by atoms with E-state index < -0.39 is 12.6 Å². The van der Waals surface area contributed by atoms with Gasteiger partial charge in [0, 0.05) is 16.6 Å². The number of benzene rings is 1. The molecule has 1 aliphatic heterocycles. The Bertz CT molecular complexity index is 675. The predicted octanol–water partition coefficient (Wildman–Crippen LogP) is 3.13. The highest BCUT2D eigenvalue weighted by Crippen LogP contribution is 2.34. The molecule has 0 radical (unpaired) electrons.